The lowest BCUT2D eigenvalue weighted by molar-refractivity contribution is -0.154. The Morgan fingerprint density at radius 3 is 2.60 bits per heavy atom. The number of nitrogens with zero attached hydrogens (tertiary/aromatic N) is 3. The molecule has 1 rings (SSSR count). The summed E-state index contributed by atoms with van der Waals surface area (Å²) in [6.07, 6.45) is 3.48. The van der Waals surface area contributed by atoms with Gasteiger partial charge in [0.05, 0.1) is 0 Å². The molecule has 0 saturated carbocycles. The normalized spacial score (nSPS) is 19.5. The summed E-state index contributed by atoms with van der Waals surface area (Å²) in [5.74, 6) is 0.0687. The first-order valence-corrected chi connectivity index (χ1v) is 7.47. The first-order valence-electron chi connectivity index (χ1n) is 7.47. The highest BCUT2D eigenvalue weighted by Crippen LogP contribution is 2.17. The van der Waals surface area contributed by atoms with E-state index in [2.05, 4.69) is 5.43 Å². The molecule has 1 amide bonds. The van der Waals surface area contributed by atoms with Crippen LogP contribution in [0.2, 0.25) is 0 Å². The van der Waals surface area contributed by atoms with E-state index in [0.29, 0.717) is 0 Å². The third-order valence-corrected chi connectivity index (χ3v) is 3.41. The van der Waals surface area contributed by atoms with E-state index >= 15 is 0 Å². The molecule has 0 spiro atoms. The molecule has 0 aromatic rings. The summed E-state index contributed by atoms with van der Waals surface area (Å²) in [5.41, 5.74) is 3.03. The monoisotopic (exact) mass is 286 g/mol. The van der Waals surface area contributed by atoms with Gasteiger partial charge in [0.25, 0.3) is 0 Å². The van der Waals surface area contributed by atoms with E-state index in [9.17, 15) is 9.59 Å². The number of hydrogen-bond acceptors (Lipinski definition) is 5. The summed E-state index contributed by atoms with van der Waals surface area (Å²) >= 11 is 0. The van der Waals surface area contributed by atoms with Crippen molar-refractivity contribution in [2.75, 3.05) is 33.7 Å². The molecular formula is C14H30N4O2. The van der Waals surface area contributed by atoms with E-state index in [-0.39, 0.29) is 11.8 Å². The Balaban J connectivity index is 0.00000172. The minimum Gasteiger partial charge on any atom is -0.298 e. The zero-order chi connectivity index (χ0) is 15.5. The van der Waals surface area contributed by atoms with Crippen LogP contribution in [0.4, 0.5) is 0 Å². The molecule has 6 nitrogen and oxygen atoms in total. The van der Waals surface area contributed by atoms with Gasteiger partial charge >= 0.3 is 0 Å². The van der Waals surface area contributed by atoms with Crippen LogP contribution in [0.25, 0.3) is 0 Å². The Hall–Kier alpha value is -0.980. The molecule has 1 aliphatic heterocycles. The Morgan fingerprint density at radius 1 is 1.45 bits per heavy atom. The fourth-order valence-corrected chi connectivity index (χ4v) is 2.27. The molecule has 1 N–H and O–H groups in total. The molecule has 1 unspecified atom stereocenters. The molecule has 1 saturated heterocycles. The highest BCUT2D eigenvalue weighted by molar-refractivity contribution is 5.83. The number of rotatable bonds is 7. The molecule has 20 heavy (non-hydrogen) atoms. The lowest BCUT2D eigenvalue weighted by Gasteiger charge is -2.41. The predicted octanol–water partition coefficient (Wildman–Crippen LogP) is 0.896. The number of amides is 1. The van der Waals surface area contributed by atoms with E-state index in [4.69, 9.17) is 0 Å². The van der Waals surface area contributed by atoms with Gasteiger partial charge in [-0.1, -0.05) is 13.8 Å². The van der Waals surface area contributed by atoms with Crippen molar-refractivity contribution in [3.05, 3.63) is 0 Å². The van der Waals surface area contributed by atoms with E-state index in [1.54, 1.807) is 11.9 Å². The third kappa shape index (κ3) is 5.98. The average molecular weight is 286 g/mol. The van der Waals surface area contributed by atoms with E-state index in [1.807, 2.05) is 38.0 Å². The first-order chi connectivity index (χ1) is 9.60. The van der Waals surface area contributed by atoms with E-state index in [0.717, 1.165) is 45.3 Å². The van der Waals surface area contributed by atoms with Crippen molar-refractivity contribution >= 4 is 12.2 Å². The smallest absolute Gasteiger partial charge is 0.224 e. The zero-order valence-electron chi connectivity index (χ0n) is 13.6. The Labute approximate surface area is 123 Å². The van der Waals surface area contributed by atoms with Crippen molar-refractivity contribution in [2.24, 2.45) is 0 Å². The predicted molar refractivity (Wildman–Crippen MR) is 80.8 cm³/mol. The molecule has 1 aliphatic rings. The van der Waals surface area contributed by atoms with Gasteiger partial charge in [-0.05, 0) is 33.2 Å². The summed E-state index contributed by atoms with van der Waals surface area (Å²) in [7, 11) is 3.86. The van der Waals surface area contributed by atoms with Crippen LogP contribution in [0, 0.1) is 0 Å². The number of Topliss-reactive ketones (excluding diaryl/α,β-unsaturated/α-hetero) is 1. The number of nitrogens with one attached hydrogen (secondary N) is 1. The van der Waals surface area contributed by atoms with Gasteiger partial charge < -0.3 is 0 Å². The van der Waals surface area contributed by atoms with Crippen molar-refractivity contribution in [3.8, 4) is 0 Å². The van der Waals surface area contributed by atoms with Gasteiger partial charge in [-0.2, -0.15) is 0 Å². The van der Waals surface area contributed by atoms with Gasteiger partial charge in [-0.25, -0.2) is 10.0 Å². The number of hydrogen-bond donors (Lipinski definition) is 1. The number of hydrazine groups is 2. The molecule has 1 heterocycles. The molecule has 0 aliphatic carbocycles. The van der Waals surface area contributed by atoms with Crippen molar-refractivity contribution in [1.82, 2.24) is 20.5 Å². The summed E-state index contributed by atoms with van der Waals surface area (Å²) in [5, 5.41) is 5.56. The maximum atomic E-state index is 11.5. The topological polar surface area (TPSA) is 55.9 Å². The Kier molecular flexibility index (Phi) is 10.2. The molecule has 1 atom stereocenters. The molecular weight excluding hydrogens is 256 g/mol. The minimum atomic E-state index is -0.265. The van der Waals surface area contributed by atoms with Crippen molar-refractivity contribution in [1.29, 1.82) is 0 Å². The van der Waals surface area contributed by atoms with Crippen LogP contribution in [-0.4, -0.2) is 67.0 Å². The fraction of sp³-hybridized carbons (Fsp3) is 0.857. The molecule has 118 valence electrons. The summed E-state index contributed by atoms with van der Waals surface area (Å²) in [4.78, 5) is 22.6. The third-order valence-electron chi connectivity index (χ3n) is 3.41. The van der Waals surface area contributed by atoms with Gasteiger partial charge in [0.2, 0.25) is 6.41 Å². The van der Waals surface area contributed by atoms with Crippen LogP contribution in [0.5, 0.6) is 0 Å². The largest absolute Gasteiger partial charge is 0.298 e. The number of carbonyl (C=O) groups is 2. The highest BCUT2D eigenvalue weighted by atomic mass is 16.2. The second-order valence-corrected chi connectivity index (χ2v) is 4.71. The summed E-state index contributed by atoms with van der Waals surface area (Å²) in [6.45, 7) is 8.12. The zero-order valence-corrected chi connectivity index (χ0v) is 13.6. The van der Waals surface area contributed by atoms with Gasteiger partial charge in [-0.3, -0.25) is 20.0 Å². The summed E-state index contributed by atoms with van der Waals surface area (Å²) in [6, 6.07) is -0.265. The minimum absolute atomic E-state index is 0.0687. The van der Waals surface area contributed by atoms with Gasteiger partial charge in [0.15, 0.2) is 5.78 Å². The van der Waals surface area contributed by atoms with Crippen LogP contribution >= 0.6 is 0 Å². The number of carbonyl (C=O) groups excluding carboxylic acids is 2. The average Bonchev–Trinajstić information content (AvgIpc) is 2.48. The van der Waals surface area contributed by atoms with Gasteiger partial charge in [0, 0.05) is 26.7 Å². The van der Waals surface area contributed by atoms with Crippen LogP contribution in [0.3, 0.4) is 0 Å². The Morgan fingerprint density at radius 2 is 2.10 bits per heavy atom. The van der Waals surface area contributed by atoms with Crippen molar-refractivity contribution in [2.45, 2.75) is 46.1 Å². The van der Waals surface area contributed by atoms with Crippen LogP contribution < -0.4 is 5.43 Å². The molecule has 0 aromatic heterocycles. The first kappa shape index (κ1) is 19.0. The fourth-order valence-electron chi connectivity index (χ4n) is 2.27. The van der Waals surface area contributed by atoms with Crippen LogP contribution in [-0.2, 0) is 9.59 Å². The standard InChI is InChI=1S/C12H24N4O2.C2H6/c1-11(18)12-6-4-8-15(16(12)10-17)9-5-7-14(3)13-2;1-2/h10,12-13H,4-9H2,1-3H3;1-2H3. The van der Waals surface area contributed by atoms with Crippen LogP contribution in [0.1, 0.15) is 40.0 Å². The van der Waals surface area contributed by atoms with Crippen molar-refractivity contribution < 1.29 is 9.59 Å². The molecule has 6 heteroatoms. The second-order valence-electron chi connectivity index (χ2n) is 4.71. The maximum Gasteiger partial charge on any atom is 0.224 e. The lowest BCUT2D eigenvalue weighted by Crippen LogP contribution is -2.55. The van der Waals surface area contributed by atoms with Crippen LogP contribution in [0.15, 0.2) is 0 Å². The van der Waals surface area contributed by atoms with E-state index < -0.39 is 0 Å². The molecule has 0 aromatic carbocycles. The maximum absolute atomic E-state index is 11.5. The van der Waals surface area contributed by atoms with Gasteiger partial charge in [0.1, 0.15) is 6.04 Å². The van der Waals surface area contributed by atoms with E-state index in [1.165, 1.54) is 0 Å². The molecule has 0 radical (unpaired) electrons. The highest BCUT2D eigenvalue weighted by Gasteiger charge is 2.30. The summed E-state index contributed by atoms with van der Waals surface area (Å²) < 4.78 is 0. The number of ketones is 1. The molecule has 0 bridgehead atoms. The SMILES string of the molecule is CC.CNN(C)CCCN1CCCC(C(C)=O)N1C=O. The quantitative estimate of drug-likeness (QED) is 0.556. The Bertz CT molecular complexity index is 286. The molecule has 1 fully saturated rings. The second kappa shape index (κ2) is 10.8. The van der Waals surface area contributed by atoms with Gasteiger partial charge in [-0.15, -0.1) is 0 Å². The van der Waals surface area contributed by atoms with Crippen molar-refractivity contribution in [3.63, 3.8) is 0 Å². The lowest BCUT2D eigenvalue weighted by atomic mass is 10.0.